The van der Waals surface area contributed by atoms with Crippen molar-refractivity contribution in [2.24, 2.45) is 5.11 Å². The second kappa shape index (κ2) is 4.28. The van der Waals surface area contributed by atoms with E-state index in [0.717, 1.165) is 6.07 Å². The number of rotatable bonds is 2. The Morgan fingerprint density at radius 3 is 2.50 bits per heavy atom. The van der Waals surface area contributed by atoms with E-state index in [1.807, 2.05) is 0 Å². The van der Waals surface area contributed by atoms with E-state index >= 15 is 0 Å². The van der Waals surface area contributed by atoms with Gasteiger partial charge in [0, 0.05) is 10.6 Å². The fraction of sp³-hybridized carbons (Fsp3) is 0.250. The Balaban J connectivity index is 3.15. The minimum atomic E-state index is -4.96. The van der Waals surface area contributed by atoms with Crippen molar-refractivity contribution < 1.29 is 22.3 Å². The van der Waals surface area contributed by atoms with Gasteiger partial charge in [-0.15, -0.1) is 13.2 Å². The van der Waals surface area contributed by atoms with E-state index < -0.39 is 17.9 Å². The Bertz CT molecular complexity index is 451. The van der Waals surface area contributed by atoms with E-state index in [9.17, 15) is 17.6 Å². The molecule has 0 saturated carbocycles. The summed E-state index contributed by atoms with van der Waals surface area (Å²) in [5.41, 5.74) is 8.21. The van der Waals surface area contributed by atoms with Crippen LogP contribution in [-0.4, -0.2) is 6.36 Å². The molecule has 4 nitrogen and oxygen atoms in total. The van der Waals surface area contributed by atoms with Gasteiger partial charge >= 0.3 is 6.36 Å². The summed E-state index contributed by atoms with van der Waals surface area (Å²) < 4.78 is 52.0. The van der Waals surface area contributed by atoms with Gasteiger partial charge in [-0.05, 0) is 30.2 Å². The smallest absolute Gasteiger partial charge is 0.403 e. The van der Waals surface area contributed by atoms with Crippen LogP contribution in [0.15, 0.2) is 17.2 Å². The van der Waals surface area contributed by atoms with Crippen molar-refractivity contribution in [1.82, 2.24) is 0 Å². The van der Waals surface area contributed by atoms with E-state index in [4.69, 9.17) is 5.53 Å². The summed E-state index contributed by atoms with van der Waals surface area (Å²) in [5.74, 6) is -2.20. The lowest BCUT2D eigenvalue weighted by Gasteiger charge is -2.11. The molecule has 0 amide bonds. The van der Waals surface area contributed by atoms with Crippen molar-refractivity contribution in [2.75, 3.05) is 0 Å². The molecule has 0 atom stereocenters. The highest BCUT2D eigenvalue weighted by atomic mass is 19.4. The van der Waals surface area contributed by atoms with Crippen molar-refractivity contribution in [1.29, 1.82) is 0 Å². The second-order valence-corrected chi connectivity index (χ2v) is 2.81. The summed E-state index contributed by atoms with van der Waals surface area (Å²) in [4.78, 5) is 2.41. The molecule has 0 aliphatic carbocycles. The van der Waals surface area contributed by atoms with Crippen LogP contribution in [0.2, 0.25) is 0 Å². The van der Waals surface area contributed by atoms with Gasteiger partial charge in [0.05, 0.1) is 0 Å². The molecule has 16 heavy (non-hydrogen) atoms. The molecule has 0 aliphatic rings. The fourth-order valence-electron chi connectivity index (χ4n) is 1.00. The van der Waals surface area contributed by atoms with E-state index in [0.29, 0.717) is 6.07 Å². The number of nitrogens with zero attached hydrogens (tertiary/aromatic N) is 3. The van der Waals surface area contributed by atoms with E-state index in [2.05, 4.69) is 14.8 Å². The van der Waals surface area contributed by atoms with Crippen molar-refractivity contribution in [2.45, 2.75) is 13.3 Å². The highest BCUT2D eigenvalue weighted by Gasteiger charge is 2.32. The molecule has 0 aliphatic heterocycles. The molecule has 1 aromatic rings. The number of azide groups is 1. The van der Waals surface area contributed by atoms with Gasteiger partial charge in [0.2, 0.25) is 0 Å². The quantitative estimate of drug-likeness (QED) is 0.331. The molecule has 1 rings (SSSR count). The molecule has 0 spiro atoms. The number of aryl methyl sites for hydroxylation is 1. The number of benzene rings is 1. The molecule has 0 bridgehead atoms. The molecule has 86 valence electrons. The number of hydrogen-bond acceptors (Lipinski definition) is 2. The molecule has 0 aromatic heterocycles. The monoisotopic (exact) mass is 235 g/mol. The maximum absolute atomic E-state index is 13.1. The lowest BCUT2D eigenvalue weighted by atomic mass is 10.2. The molecule has 0 unspecified atom stereocenters. The Kier molecular flexibility index (Phi) is 3.24. The third-order valence-corrected chi connectivity index (χ3v) is 1.63. The van der Waals surface area contributed by atoms with Gasteiger partial charge in [0.1, 0.15) is 0 Å². The zero-order valence-electron chi connectivity index (χ0n) is 7.92. The summed E-state index contributed by atoms with van der Waals surface area (Å²) in [7, 11) is 0. The SMILES string of the molecule is Cc1cc(OC(F)(F)F)c(F)cc1N=[N+]=[N-]. The average molecular weight is 235 g/mol. The Hall–Kier alpha value is -1.95. The van der Waals surface area contributed by atoms with Crippen LogP contribution in [0.1, 0.15) is 5.56 Å². The fourth-order valence-corrected chi connectivity index (χ4v) is 1.00. The predicted octanol–water partition coefficient (Wildman–Crippen LogP) is 3.97. The summed E-state index contributed by atoms with van der Waals surface area (Å²) in [6.45, 7) is 1.37. The highest BCUT2D eigenvalue weighted by molar-refractivity contribution is 5.49. The van der Waals surface area contributed by atoms with Gasteiger partial charge in [-0.3, -0.25) is 0 Å². The number of ether oxygens (including phenoxy) is 1. The van der Waals surface area contributed by atoms with Crippen molar-refractivity contribution in [3.8, 4) is 5.75 Å². The molecule has 8 heteroatoms. The summed E-state index contributed by atoms with van der Waals surface area (Å²) >= 11 is 0. The van der Waals surface area contributed by atoms with Gasteiger partial charge in [-0.2, -0.15) is 0 Å². The largest absolute Gasteiger partial charge is 0.573 e. The van der Waals surface area contributed by atoms with Gasteiger partial charge in [0.15, 0.2) is 11.6 Å². The summed E-state index contributed by atoms with van der Waals surface area (Å²) in [6, 6.07) is 1.49. The van der Waals surface area contributed by atoms with Crippen molar-refractivity contribution >= 4 is 5.69 Å². The molecular formula is C8H5F4N3O. The standard InChI is InChI=1S/C8H5F4N3O/c1-4-2-7(16-8(10,11)12)5(9)3-6(4)14-15-13/h2-3H,1H3. The minimum Gasteiger partial charge on any atom is -0.403 e. The third-order valence-electron chi connectivity index (χ3n) is 1.63. The number of halogens is 4. The minimum absolute atomic E-state index is 0.0884. The second-order valence-electron chi connectivity index (χ2n) is 2.81. The van der Waals surface area contributed by atoms with Crippen LogP contribution in [0.3, 0.4) is 0 Å². The van der Waals surface area contributed by atoms with Crippen LogP contribution in [0.25, 0.3) is 10.4 Å². The number of alkyl halides is 3. The first-order chi connectivity index (χ1) is 7.33. The van der Waals surface area contributed by atoms with E-state index in [1.54, 1.807) is 0 Å². The first-order valence-corrected chi connectivity index (χ1v) is 3.94. The van der Waals surface area contributed by atoms with Crippen molar-refractivity contribution in [3.63, 3.8) is 0 Å². The summed E-state index contributed by atoms with van der Waals surface area (Å²) in [5, 5.41) is 3.11. The van der Waals surface area contributed by atoms with Crippen LogP contribution in [-0.2, 0) is 0 Å². The van der Waals surface area contributed by atoms with E-state index in [-0.39, 0.29) is 11.3 Å². The normalized spacial score (nSPS) is 10.8. The lowest BCUT2D eigenvalue weighted by molar-refractivity contribution is -0.275. The first-order valence-electron chi connectivity index (χ1n) is 3.94. The highest BCUT2D eigenvalue weighted by Crippen LogP contribution is 2.31. The Morgan fingerprint density at radius 2 is 2.00 bits per heavy atom. The molecule has 0 heterocycles. The third kappa shape index (κ3) is 3.03. The molecule has 0 N–H and O–H groups in total. The van der Waals surface area contributed by atoms with Crippen LogP contribution in [0.5, 0.6) is 5.75 Å². The topological polar surface area (TPSA) is 58.0 Å². The predicted molar refractivity (Wildman–Crippen MR) is 46.6 cm³/mol. The Labute approximate surface area is 87.1 Å². The van der Waals surface area contributed by atoms with Crippen LogP contribution in [0, 0.1) is 12.7 Å². The van der Waals surface area contributed by atoms with Crippen molar-refractivity contribution in [3.05, 3.63) is 34.0 Å². The average Bonchev–Trinajstić information content (AvgIpc) is 2.11. The van der Waals surface area contributed by atoms with Crippen LogP contribution >= 0.6 is 0 Å². The maximum atomic E-state index is 13.1. The summed E-state index contributed by atoms with van der Waals surface area (Å²) in [6.07, 6.45) is -4.96. The maximum Gasteiger partial charge on any atom is 0.573 e. The number of hydrogen-bond donors (Lipinski definition) is 0. The van der Waals surface area contributed by atoms with Crippen LogP contribution in [0.4, 0.5) is 23.2 Å². The zero-order valence-corrected chi connectivity index (χ0v) is 7.92. The molecule has 1 aromatic carbocycles. The molecule has 0 fully saturated rings. The lowest BCUT2D eigenvalue weighted by Crippen LogP contribution is -2.18. The van der Waals surface area contributed by atoms with Crippen LogP contribution < -0.4 is 4.74 Å². The van der Waals surface area contributed by atoms with Gasteiger partial charge in [-0.25, -0.2) is 4.39 Å². The van der Waals surface area contributed by atoms with Gasteiger partial charge in [-0.1, -0.05) is 5.11 Å². The molecule has 0 saturated heterocycles. The molecule has 0 radical (unpaired) electrons. The zero-order chi connectivity index (χ0) is 12.3. The van der Waals surface area contributed by atoms with E-state index in [1.165, 1.54) is 6.92 Å². The van der Waals surface area contributed by atoms with Gasteiger partial charge in [0.25, 0.3) is 0 Å². The first kappa shape index (κ1) is 12.1. The molecular weight excluding hydrogens is 230 g/mol. The van der Waals surface area contributed by atoms with Gasteiger partial charge < -0.3 is 4.74 Å². The Morgan fingerprint density at radius 1 is 1.38 bits per heavy atom.